The Labute approximate surface area is 187 Å². The molecule has 0 aliphatic heterocycles. The number of hydrogen-bond acceptors (Lipinski definition) is 6. The fourth-order valence-electron chi connectivity index (χ4n) is 2.20. The summed E-state index contributed by atoms with van der Waals surface area (Å²) in [6.45, 7) is 0. The van der Waals surface area contributed by atoms with Crippen molar-refractivity contribution in [2.24, 2.45) is 5.10 Å². The van der Waals surface area contributed by atoms with Crippen molar-refractivity contribution in [3.63, 3.8) is 0 Å². The molecule has 0 fully saturated rings. The van der Waals surface area contributed by atoms with E-state index in [0.717, 1.165) is 11.3 Å². The number of aromatic hydroxyl groups is 1. The minimum absolute atomic E-state index is 0.0703. The number of rotatable bonds is 6. The van der Waals surface area contributed by atoms with E-state index in [1.54, 1.807) is 23.6 Å². The number of hydrogen-bond donors (Lipinski definition) is 3. The van der Waals surface area contributed by atoms with Crippen molar-refractivity contribution in [3.8, 4) is 5.75 Å². The molecule has 1 amide bonds. The zero-order valence-electron chi connectivity index (χ0n) is 14.5. The molecular formula is C18H13Br2N3O4S2. The minimum Gasteiger partial charge on any atom is -0.506 e. The van der Waals surface area contributed by atoms with Gasteiger partial charge in [0, 0.05) is 11.3 Å². The quantitative estimate of drug-likeness (QED) is 0.305. The summed E-state index contributed by atoms with van der Waals surface area (Å²) in [5, 5.41) is 15.3. The lowest BCUT2D eigenvalue weighted by Gasteiger charge is -2.07. The predicted molar refractivity (Wildman–Crippen MR) is 120 cm³/mol. The zero-order chi connectivity index (χ0) is 21.0. The van der Waals surface area contributed by atoms with Crippen molar-refractivity contribution < 1.29 is 18.3 Å². The van der Waals surface area contributed by atoms with Crippen molar-refractivity contribution >= 4 is 71.0 Å². The van der Waals surface area contributed by atoms with E-state index < -0.39 is 15.9 Å². The highest BCUT2D eigenvalue weighted by atomic mass is 79.9. The van der Waals surface area contributed by atoms with Crippen LogP contribution in [0.3, 0.4) is 0 Å². The van der Waals surface area contributed by atoms with Crippen LogP contribution in [-0.2, 0) is 10.0 Å². The van der Waals surface area contributed by atoms with Crippen LogP contribution in [-0.4, -0.2) is 25.6 Å². The summed E-state index contributed by atoms with van der Waals surface area (Å²) in [5.74, 6) is -0.383. The van der Waals surface area contributed by atoms with Crippen molar-refractivity contribution in [2.75, 3.05) is 4.72 Å². The number of halogens is 2. The standard InChI is InChI=1S/C18H13Br2N3O4S2/c19-14-8-11(9-15(20)17(14)24)10-21-22-18(25)12-3-5-13(6-4-12)23-29(26,27)16-2-1-7-28-16/h1-10,23-24H,(H,22,25). The molecule has 3 rings (SSSR count). The Bertz CT molecular complexity index is 1140. The van der Waals surface area contributed by atoms with Gasteiger partial charge in [-0.1, -0.05) is 6.07 Å². The summed E-state index contributed by atoms with van der Waals surface area (Å²) >= 11 is 7.55. The first-order chi connectivity index (χ1) is 13.8. The third kappa shape index (κ3) is 5.44. The SMILES string of the molecule is O=C(NN=Cc1cc(Br)c(O)c(Br)c1)c1ccc(NS(=O)(=O)c2cccs2)cc1. The summed E-state index contributed by atoms with van der Waals surface area (Å²) in [4.78, 5) is 12.2. The maximum absolute atomic E-state index is 12.2. The summed E-state index contributed by atoms with van der Waals surface area (Å²) in [6.07, 6.45) is 1.43. The van der Waals surface area contributed by atoms with Crippen molar-refractivity contribution in [1.29, 1.82) is 0 Å². The van der Waals surface area contributed by atoms with Gasteiger partial charge in [-0.2, -0.15) is 5.10 Å². The topological polar surface area (TPSA) is 108 Å². The van der Waals surface area contributed by atoms with Crippen LogP contribution in [0.1, 0.15) is 15.9 Å². The summed E-state index contributed by atoms with van der Waals surface area (Å²) < 4.78 is 28.1. The van der Waals surface area contributed by atoms with Gasteiger partial charge in [-0.25, -0.2) is 13.8 Å². The number of amides is 1. The lowest BCUT2D eigenvalue weighted by molar-refractivity contribution is 0.0955. The van der Waals surface area contributed by atoms with Gasteiger partial charge in [0.05, 0.1) is 15.2 Å². The molecule has 7 nitrogen and oxygen atoms in total. The second-order valence-electron chi connectivity index (χ2n) is 5.65. The maximum Gasteiger partial charge on any atom is 0.271 e. The highest BCUT2D eigenvalue weighted by Gasteiger charge is 2.15. The first-order valence-electron chi connectivity index (χ1n) is 7.94. The Morgan fingerprint density at radius 2 is 1.76 bits per heavy atom. The Hall–Kier alpha value is -2.21. The van der Waals surface area contributed by atoms with Crippen LogP contribution in [0.15, 0.2) is 72.2 Å². The normalized spacial score (nSPS) is 11.5. The van der Waals surface area contributed by atoms with E-state index in [4.69, 9.17) is 0 Å². The Morgan fingerprint density at radius 3 is 2.34 bits per heavy atom. The molecule has 1 heterocycles. The lowest BCUT2D eigenvalue weighted by Crippen LogP contribution is -2.17. The van der Waals surface area contributed by atoms with Crippen LogP contribution >= 0.6 is 43.2 Å². The highest BCUT2D eigenvalue weighted by Crippen LogP contribution is 2.32. The van der Waals surface area contributed by atoms with Crippen LogP contribution in [0.4, 0.5) is 5.69 Å². The summed E-state index contributed by atoms with van der Waals surface area (Å²) in [5.41, 5.74) is 3.70. The predicted octanol–water partition coefficient (Wildman–Crippen LogP) is 4.54. The fourth-order valence-corrected chi connectivity index (χ4v) is 5.47. The maximum atomic E-state index is 12.2. The number of nitrogens with zero attached hydrogens (tertiary/aromatic N) is 1. The van der Waals surface area contributed by atoms with Crippen LogP contribution in [0.25, 0.3) is 0 Å². The average Bonchev–Trinajstić information content (AvgIpc) is 3.22. The van der Waals surface area contributed by atoms with Crippen molar-refractivity contribution in [2.45, 2.75) is 4.21 Å². The average molecular weight is 559 g/mol. The van der Waals surface area contributed by atoms with Gasteiger partial charge >= 0.3 is 0 Å². The summed E-state index contributed by atoms with van der Waals surface area (Å²) in [7, 11) is -3.64. The lowest BCUT2D eigenvalue weighted by atomic mass is 10.2. The molecule has 29 heavy (non-hydrogen) atoms. The second-order valence-corrected chi connectivity index (χ2v) is 10.2. The van der Waals surface area contributed by atoms with Crippen LogP contribution < -0.4 is 10.1 Å². The van der Waals surface area contributed by atoms with Gasteiger partial charge in [-0.3, -0.25) is 9.52 Å². The van der Waals surface area contributed by atoms with Gasteiger partial charge in [-0.05, 0) is 85.3 Å². The van der Waals surface area contributed by atoms with Gasteiger partial charge in [0.15, 0.2) is 0 Å². The number of phenols is 1. The van der Waals surface area contributed by atoms with Gasteiger partial charge in [0.2, 0.25) is 0 Å². The number of benzene rings is 2. The van der Waals surface area contributed by atoms with Gasteiger partial charge < -0.3 is 5.11 Å². The molecule has 3 N–H and O–H groups in total. The van der Waals surface area contributed by atoms with Crippen molar-refractivity contribution in [3.05, 3.63) is 74.0 Å². The molecule has 0 saturated heterocycles. The smallest absolute Gasteiger partial charge is 0.271 e. The van der Waals surface area contributed by atoms with Crippen LogP contribution in [0.5, 0.6) is 5.75 Å². The van der Waals surface area contributed by atoms with E-state index >= 15 is 0 Å². The van der Waals surface area contributed by atoms with Crippen LogP contribution in [0.2, 0.25) is 0 Å². The monoisotopic (exact) mass is 557 g/mol. The van der Waals surface area contributed by atoms with E-state index in [-0.39, 0.29) is 9.96 Å². The molecule has 11 heteroatoms. The van der Waals surface area contributed by atoms with Crippen molar-refractivity contribution in [1.82, 2.24) is 5.43 Å². The first-order valence-corrected chi connectivity index (χ1v) is 11.9. The number of carbonyl (C=O) groups excluding carboxylic acids is 1. The number of sulfonamides is 1. The molecule has 0 aliphatic carbocycles. The van der Waals surface area contributed by atoms with E-state index in [0.29, 0.717) is 25.8 Å². The first kappa shape index (κ1) is 21.5. The van der Waals surface area contributed by atoms with E-state index in [1.807, 2.05) is 0 Å². The molecule has 0 unspecified atom stereocenters. The molecule has 3 aromatic rings. The molecule has 0 aliphatic rings. The van der Waals surface area contributed by atoms with Gasteiger partial charge in [0.1, 0.15) is 9.96 Å². The third-order valence-electron chi connectivity index (χ3n) is 3.58. The largest absolute Gasteiger partial charge is 0.506 e. The molecule has 2 aromatic carbocycles. The Balaban J connectivity index is 1.63. The number of nitrogens with one attached hydrogen (secondary N) is 2. The Morgan fingerprint density at radius 1 is 1.10 bits per heavy atom. The molecule has 0 saturated carbocycles. The summed E-state index contributed by atoms with van der Waals surface area (Å²) in [6, 6.07) is 12.4. The number of phenolic OH excluding ortho intramolecular Hbond substituents is 1. The fraction of sp³-hybridized carbons (Fsp3) is 0. The second kappa shape index (κ2) is 9.08. The van der Waals surface area contributed by atoms with E-state index in [2.05, 4.69) is 47.1 Å². The van der Waals surface area contributed by atoms with Gasteiger partial charge in [0.25, 0.3) is 15.9 Å². The molecule has 0 atom stereocenters. The highest BCUT2D eigenvalue weighted by molar-refractivity contribution is 9.11. The molecule has 0 radical (unpaired) electrons. The third-order valence-corrected chi connectivity index (χ3v) is 7.57. The molecule has 0 spiro atoms. The zero-order valence-corrected chi connectivity index (χ0v) is 19.3. The number of anilines is 1. The Kier molecular flexibility index (Phi) is 6.73. The molecule has 0 bridgehead atoms. The van der Waals surface area contributed by atoms with Gasteiger partial charge in [-0.15, -0.1) is 11.3 Å². The van der Waals surface area contributed by atoms with E-state index in [9.17, 15) is 18.3 Å². The molecular weight excluding hydrogens is 546 g/mol. The molecule has 1 aromatic heterocycles. The van der Waals surface area contributed by atoms with Crippen LogP contribution in [0, 0.1) is 0 Å². The number of hydrazone groups is 1. The van der Waals surface area contributed by atoms with E-state index in [1.165, 1.54) is 36.5 Å². The number of carbonyl (C=O) groups is 1. The minimum atomic E-state index is -3.64. The molecule has 150 valence electrons. The number of thiophene rings is 1.